The maximum absolute atomic E-state index is 13.9. The molecule has 2 amide bonds. The van der Waals surface area contributed by atoms with E-state index in [2.05, 4.69) is 21.2 Å². The van der Waals surface area contributed by atoms with Gasteiger partial charge in [0, 0.05) is 22.1 Å². The lowest BCUT2D eigenvalue weighted by Crippen LogP contribution is -2.52. The number of anilines is 1. The van der Waals surface area contributed by atoms with Crippen LogP contribution in [0.5, 0.6) is 0 Å². The Bertz CT molecular complexity index is 1380. The van der Waals surface area contributed by atoms with Gasteiger partial charge in [0.1, 0.15) is 12.6 Å². The molecule has 0 heterocycles. The number of hydrogen-bond acceptors (Lipinski definition) is 4. The first kappa shape index (κ1) is 29.1. The first-order valence-electron chi connectivity index (χ1n) is 12.8. The third-order valence-corrected chi connectivity index (χ3v) is 9.43. The molecule has 0 aromatic heterocycles. The van der Waals surface area contributed by atoms with Crippen molar-refractivity contribution in [3.63, 3.8) is 0 Å². The topological polar surface area (TPSA) is 86.8 Å². The highest BCUT2D eigenvalue weighted by atomic mass is 79.9. The molecular formula is C29H31BrClN3O4S. The summed E-state index contributed by atoms with van der Waals surface area (Å²) in [6, 6.07) is 21.0. The van der Waals surface area contributed by atoms with Crippen LogP contribution in [0.4, 0.5) is 5.69 Å². The minimum absolute atomic E-state index is 0.0667. The van der Waals surface area contributed by atoms with Crippen molar-refractivity contribution < 1.29 is 18.0 Å². The van der Waals surface area contributed by atoms with Crippen molar-refractivity contribution in [2.75, 3.05) is 10.8 Å². The van der Waals surface area contributed by atoms with E-state index < -0.39 is 28.5 Å². The lowest BCUT2D eigenvalue weighted by Gasteiger charge is -2.32. The predicted octanol–water partition coefficient (Wildman–Crippen LogP) is 5.77. The fourth-order valence-corrected chi connectivity index (χ4v) is 6.44. The van der Waals surface area contributed by atoms with Crippen molar-refractivity contribution in [3.8, 4) is 0 Å². The highest BCUT2D eigenvalue weighted by Crippen LogP contribution is 2.26. The number of sulfonamides is 1. The number of rotatable bonds is 10. The number of carbonyl (C=O) groups is 2. The fraction of sp³-hybridized carbons (Fsp3) is 0.310. The van der Waals surface area contributed by atoms with Gasteiger partial charge in [0.15, 0.2) is 0 Å². The Balaban J connectivity index is 1.66. The average molecular weight is 633 g/mol. The van der Waals surface area contributed by atoms with E-state index in [0.29, 0.717) is 10.7 Å². The molecule has 3 aromatic rings. The summed E-state index contributed by atoms with van der Waals surface area (Å²) in [5, 5.41) is 3.62. The second-order valence-corrected chi connectivity index (χ2v) is 12.8. The molecule has 0 saturated heterocycles. The Kier molecular flexibility index (Phi) is 9.69. The summed E-state index contributed by atoms with van der Waals surface area (Å²) >= 11 is 9.43. The molecule has 39 heavy (non-hydrogen) atoms. The molecule has 0 radical (unpaired) electrons. The molecule has 1 N–H and O–H groups in total. The highest BCUT2D eigenvalue weighted by molar-refractivity contribution is 9.10. The van der Waals surface area contributed by atoms with E-state index >= 15 is 0 Å². The predicted molar refractivity (Wildman–Crippen MR) is 157 cm³/mol. The van der Waals surface area contributed by atoms with Gasteiger partial charge in [0.25, 0.3) is 10.0 Å². The SMILES string of the molecule is C[C@@H](C(=O)NC1CCCC1)N(Cc1ccc(Cl)cc1)C(=O)CN(c1ccc(Br)cc1)S(=O)(=O)c1ccccc1. The quantitative estimate of drug-likeness (QED) is 0.307. The van der Waals surface area contributed by atoms with Crippen LogP contribution in [0, 0.1) is 0 Å². The van der Waals surface area contributed by atoms with E-state index in [1.807, 2.05) is 0 Å². The van der Waals surface area contributed by atoms with Crippen LogP contribution in [0.3, 0.4) is 0 Å². The third kappa shape index (κ3) is 7.41. The Hall–Kier alpha value is -2.88. The Morgan fingerprint density at radius 2 is 1.59 bits per heavy atom. The Morgan fingerprint density at radius 3 is 2.21 bits per heavy atom. The maximum Gasteiger partial charge on any atom is 0.264 e. The first-order chi connectivity index (χ1) is 18.6. The van der Waals surface area contributed by atoms with Crippen molar-refractivity contribution in [3.05, 3.63) is 93.9 Å². The normalized spacial score (nSPS) is 14.5. The molecule has 1 atom stereocenters. The number of benzene rings is 3. The minimum Gasteiger partial charge on any atom is -0.352 e. The number of hydrogen-bond donors (Lipinski definition) is 1. The number of nitrogens with zero attached hydrogens (tertiary/aromatic N) is 2. The highest BCUT2D eigenvalue weighted by Gasteiger charge is 2.33. The monoisotopic (exact) mass is 631 g/mol. The minimum atomic E-state index is -4.09. The van der Waals surface area contributed by atoms with Crippen LogP contribution >= 0.6 is 27.5 Å². The average Bonchev–Trinajstić information content (AvgIpc) is 3.45. The largest absolute Gasteiger partial charge is 0.352 e. The van der Waals surface area contributed by atoms with Crippen LogP contribution in [-0.4, -0.2) is 43.8 Å². The molecule has 1 aliphatic carbocycles. The van der Waals surface area contributed by atoms with Gasteiger partial charge in [-0.05, 0) is 73.9 Å². The Morgan fingerprint density at radius 1 is 0.974 bits per heavy atom. The van der Waals surface area contributed by atoms with Crippen LogP contribution < -0.4 is 9.62 Å². The summed E-state index contributed by atoms with van der Waals surface area (Å²) < 4.78 is 29.4. The van der Waals surface area contributed by atoms with Gasteiger partial charge in [-0.3, -0.25) is 13.9 Å². The van der Waals surface area contributed by atoms with Crippen LogP contribution in [0.1, 0.15) is 38.2 Å². The summed E-state index contributed by atoms with van der Waals surface area (Å²) in [6.07, 6.45) is 3.95. The van der Waals surface area contributed by atoms with Crippen LogP contribution in [0.15, 0.2) is 88.2 Å². The first-order valence-corrected chi connectivity index (χ1v) is 15.4. The van der Waals surface area contributed by atoms with Gasteiger partial charge in [0.05, 0.1) is 10.6 Å². The zero-order chi connectivity index (χ0) is 28.0. The van der Waals surface area contributed by atoms with Crippen LogP contribution in [0.2, 0.25) is 5.02 Å². The zero-order valence-corrected chi connectivity index (χ0v) is 24.8. The molecule has 10 heteroatoms. The summed E-state index contributed by atoms with van der Waals surface area (Å²) in [6.45, 7) is 1.32. The van der Waals surface area contributed by atoms with E-state index in [-0.39, 0.29) is 23.4 Å². The second kappa shape index (κ2) is 13.0. The fourth-order valence-electron chi connectivity index (χ4n) is 4.62. The Labute approximate surface area is 243 Å². The van der Waals surface area contributed by atoms with E-state index in [1.165, 1.54) is 17.0 Å². The van der Waals surface area contributed by atoms with Crippen LogP contribution in [0.25, 0.3) is 0 Å². The standard InChI is InChI=1S/C29H31BrClN3O4S/c1-21(29(36)32-25-7-5-6-8-25)33(19-22-11-15-24(31)16-12-22)28(35)20-34(26-17-13-23(30)14-18-26)39(37,38)27-9-3-2-4-10-27/h2-4,9-18,21,25H,5-8,19-20H2,1H3,(H,32,36)/t21-/m0/s1. The molecule has 206 valence electrons. The summed E-state index contributed by atoms with van der Waals surface area (Å²) in [7, 11) is -4.09. The maximum atomic E-state index is 13.9. The molecular weight excluding hydrogens is 602 g/mol. The van der Waals surface area contributed by atoms with E-state index in [9.17, 15) is 18.0 Å². The lowest BCUT2D eigenvalue weighted by molar-refractivity contribution is -0.139. The molecule has 1 saturated carbocycles. The van der Waals surface area contributed by atoms with Crippen molar-refractivity contribution in [2.24, 2.45) is 0 Å². The molecule has 0 unspecified atom stereocenters. The summed E-state index contributed by atoms with van der Waals surface area (Å²) in [4.78, 5) is 28.7. The number of nitrogens with one attached hydrogen (secondary N) is 1. The van der Waals surface area contributed by atoms with Crippen LogP contribution in [-0.2, 0) is 26.2 Å². The van der Waals surface area contributed by atoms with Gasteiger partial charge in [-0.2, -0.15) is 0 Å². The van der Waals surface area contributed by atoms with Gasteiger partial charge >= 0.3 is 0 Å². The molecule has 0 bridgehead atoms. The zero-order valence-electron chi connectivity index (χ0n) is 21.6. The summed E-state index contributed by atoms with van der Waals surface area (Å²) in [5.41, 5.74) is 1.11. The second-order valence-electron chi connectivity index (χ2n) is 9.62. The summed E-state index contributed by atoms with van der Waals surface area (Å²) in [5.74, 6) is -0.758. The van der Waals surface area contributed by atoms with E-state index in [1.54, 1.807) is 73.7 Å². The third-order valence-electron chi connectivity index (χ3n) is 6.86. The van der Waals surface area contributed by atoms with Gasteiger partial charge < -0.3 is 10.2 Å². The van der Waals surface area contributed by atoms with Gasteiger partial charge in [-0.25, -0.2) is 8.42 Å². The molecule has 4 rings (SSSR count). The molecule has 0 spiro atoms. The smallest absolute Gasteiger partial charge is 0.264 e. The number of halogens is 2. The van der Waals surface area contributed by atoms with Crippen molar-refractivity contribution in [1.29, 1.82) is 0 Å². The van der Waals surface area contributed by atoms with Crippen molar-refractivity contribution in [2.45, 2.75) is 56.1 Å². The number of carbonyl (C=O) groups excluding carboxylic acids is 2. The molecule has 1 aliphatic rings. The van der Waals surface area contributed by atoms with Gasteiger partial charge in [-0.1, -0.05) is 70.7 Å². The molecule has 0 aliphatic heterocycles. The van der Waals surface area contributed by atoms with E-state index in [4.69, 9.17) is 11.6 Å². The van der Waals surface area contributed by atoms with E-state index in [0.717, 1.165) is 40.0 Å². The lowest BCUT2D eigenvalue weighted by atomic mass is 10.1. The van der Waals surface area contributed by atoms with Crippen molar-refractivity contribution in [1.82, 2.24) is 10.2 Å². The molecule has 1 fully saturated rings. The van der Waals surface area contributed by atoms with Gasteiger partial charge in [0.2, 0.25) is 11.8 Å². The molecule has 7 nitrogen and oxygen atoms in total. The number of amides is 2. The van der Waals surface area contributed by atoms with Gasteiger partial charge in [-0.15, -0.1) is 0 Å². The molecule has 3 aromatic carbocycles. The van der Waals surface area contributed by atoms with Crippen molar-refractivity contribution >= 4 is 55.1 Å².